The molecular weight excluding hydrogens is 392 g/mol. The molecule has 0 bridgehead atoms. The Labute approximate surface area is 180 Å². The number of benzene rings is 3. The van der Waals surface area contributed by atoms with Crippen LogP contribution in [0.3, 0.4) is 0 Å². The monoisotopic (exact) mass is 414 g/mol. The number of hydrogen-bond acceptors (Lipinski definition) is 5. The van der Waals surface area contributed by atoms with Crippen LogP contribution in [0.25, 0.3) is 0 Å². The molecule has 4 rings (SSSR count). The van der Waals surface area contributed by atoms with Gasteiger partial charge in [0.2, 0.25) is 0 Å². The first kappa shape index (κ1) is 20.4. The average Bonchev–Trinajstić information content (AvgIpc) is 2.79. The maximum atomic E-state index is 13.3. The predicted molar refractivity (Wildman–Crippen MR) is 117 cm³/mol. The Morgan fingerprint density at radius 2 is 1.71 bits per heavy atom. The molecule has 2 unspecified atom stereocenters. The molecule has 0 amide bonds. The van der Waals surface area contributed by atoms with Gasteiger partial charge in [-0.25, -0.2) is 0 Å². The van der Waals surface area contributed by atoms with E-state index in [1.165, 1.54) is 12.1 Å². The molecule has 0 aromatic heterocycles. The van der Waals surface area contributed by atoms with E-state index >= 15 is 0 Å². The third kappa shape index (κ3) is 4.21. The number of aryl methyl sites for hydroxylation is 1. The molecule has 0 spiro atoms. The van der Waals surface area contributed by atoms with E-state index in [0.29, 0.717) is 28.2 Å². The van der Waals surface area contributed by atoms with Gasteiger partial charge in [0.05, 0.1) is 5.92 Å². The molecule has 2 atom stereocenters. The second-order valence-electron chi connectivity index (χ2n) is 7.50. The van der Waals surface area contributed by atoms with Crippen LogP contribution in [-0.4, -0.2) is 23.3 Å². The minimum atomic E-state index is -0.612. The van der Waals surface area contributed by atoms with Gasteiger partial charge in [-0.15, -0.1) is 0 Å². The SMILES string of the molecule is C=CC(=O)c1ccc(OC2c3ccc(O)cc3OCC2C(=O)c2ccc(C)cc2)cc1. The lowest BCUT2D eigenvalue weighted by Crippen LogP contribution is -2.35. The van der Waals surface area contributed by atoms with Crippen molar-refractivity contribution in [2.45, 2.75) is 13.0 Å². The lowest BCUT2D eigenvalue weighted by atomic mass is 9.86. The first-order valence-electron chi connectivity index (χ1n) is 9.96. The van der Waals surface area contributed by atoms with Gasteiger partial charge in [-0.1, -0.05) is 36.4 Å². The van der Waals surface area contributed by atoms with Crippen molar-refractivity contribution in [3.8, 4) is 17.2 Å². The van der Waals surface area contributed by atoms with E-state index in [4.69, 9.17) is 9.47 Å². The second-order valence-corrected chi connectivity index (χ2v) is 7.50. The van der Waals surface area contributed by atoms with Gasteiger partial charge < -0.3 is 14.6 Å². The highest BCUT2D eigenvalue weighted by molar-refractivity contribution is 6.04. The first-order valence-corrected chi connectivity index (χ1v) is 9.96. The Morgan fingerprint density at radius 3 is 2.39 bits per heavy atom. The highest BCUT2D eigenvalue weighted by Gasteiger charge is 2.38. The average molecular weight is 414 g/mol. The lowest BCUT2D eigenvalue weighted by Gasteiger charge is -2.33. The third-order valence-corrected chi connectivity index (χ3v) is 5.35. The summed E-state index contributed by atoms with van der Waals surface area (Å²) in [5.74, 6) is 0.250. The predicted octanol–water partition coefficient (Wildman–Crippen LogP) is 5.08. The Balaban J connectivity index is 1.68. The number of Topliss-reactive ketones (excluding diaryl/α,β-unsaturated/α-hetero) is 1. The highest BCUT2D eigenvalue weighted by atomic mass is 16.5. The van der Waals surface area contributed by atoms with Crippen molar-refractivity contribution in [3.05, 3.63) is 102 Å². The summed E-state index contributed by atoms with van der Waals surface area (Å²) in [6, 6.07) is 18.9. The quantitative estimate of drug-likeness (QED) is 0.450. The minimum Gasteiger partial charge on any atom is -0.508 e. The van der Waals surface area contributed by atoms with Crippen LogP contribution in [-0.2, 0) is 0 Å². The molecule has 1 aliphatic rings. The van der Waals surface area contributed by atoms with E-state index in [1.807, 2.05) is 19.1 Å². The molecule has 3 aromatic carbocycles. The molecule has 5 nitrogen and oxygen atoms in total. The highest BCUT2D eigenvalue weighted by Crippen LogP contribution is 2.41. The largest absolute Gasteiger partial charge is 0.508 e. The van der Waals surface area contributed by atoms with Crippen molar-refractivity contribution in [1.82, 2.24) is 0 Å². The van der Waals surface area contributed by atoms with E-state index in [0.717, 1.165) is 5.56 Å². The number of carbonyl (C=O) groups excluding carboxylic acids is 2. The van der Waals surface area contributed by atoms with Crippen LogP contribution in [0.1, 0.15) is 37.9 Å². The van der Waals surface area contributed by atoms with Crippen LogP contribution in [0.15, 0.2) is 79.4 Å². The van der Waals surface area contributed by atoms with Crippen molar-refractivity contribution in [1.29, 1.82) is 0 Å². The molecular formula is C26H22O5. The fourth-order valence-corrected chi connectivity index (χ4v) is 3.62. The molecule has 31 heavy (non-hydrogen) atoms. The van der Waals surface area contributed by atoms with E-state index in [2.05, 4.69) is 6.58 Å². The van der Waals surface area contributed by atoms with Crippen molar-refractivity contribution in [3.63, 3.8) is 0 Å². The smallest absolute Gasteiger partial charge is 0.185 e. The molecule has 1 N–H and O–H groups in total. The summed E-state index contributed by atoms with van der Waals surface area (Å²) in [6.07, 6.45) is 0.645. The number of fused-ring (bicyclic) bond motifs is 1. The zero-order valence-electron chi connectivity index (χ0n) is 17.1. The van der Waals surface area contributed by atoms with Gasteiger partial charge in [0, 0.05) is 22.8 Å². The molecule has 3 aromatic rings. The summed E-state index contributed by atoms with van der Waals surface area (Å²) in [4.78, 5) is 25.1. The minimum absolute atomic E-state index is 0.0769. The molecule has 0 aliphatic carbocycles. The van der Waals surface area contributed by atoms with Crippen LogP contribution in [0.4, 0.5) is 0 Å². The van der Waals surface area contributed by atoms with Crippen molar-refractivity contribution >= 4 is 11.6 Å². The van der Waals surface area contributed by atoms with Crippen LogP contribution in [0.2, 0.25) is 0 Å². The van der Waals surface area contributed by atoms with Gasteiger partial charge in [0.1, 0.15) is 30.0 Å². The maximum absolute atomic E-state index is 13.3. The summed E-state index contributed by atoms with van der Waals surface area (Å²) in [7, 11) is 0. The van der Waals surface area contributed by atoms with Gasteiger partial charge in [0.25, 0.3) is 0 Å². The Morgan fingerprint density at radius 1 is 1.03 bits per heavy atom. The Hall–Kier alpha value is -3.86. The third-order valence-electron chi connectivity index (χ3n) is 5.35. The molecule has 0 saturated carbocycles. The summed E-state index contributed by atoms with van der Waals surface area (Å²) < 4.78 is 12.0. The number of phenols is 1. The van der Waals surface area contributed by atoms with E-state index in [-0.39, 0.29) is 23.9 Å². The Bertz CT molecular complexity index is 1130. The fourth-order valence-electron chi connectivity index (χ4n) is 3.62. The summed E-state index contributed by atoms with van der Waals surface area (Å²) in [5.41, 5.74) is 2.84. The number of phenolic OH excluding ortho intramolecular Hbond substituents is 1. The number of ether oxygens (including phenoxy) is 2. The van der Waals surface area contributed by atoms with E-state index in [9.17, 15) is 14.7 Å². The Kier molecular flexibility index (Phi) is 5.58. The van der Waals surface area contributed by atoms with Crippen LogP contribution in [0, 0.1) is 12.8 Å². The number of rotatable bonds is 6. The van der Waals surface area contributed by atoms with Crippen LogP contribution < -0.4 is 9.47 Å². The van der Waals surface area contributed by atoms with Crippen LogP contribution in [0.5, 0.6) is 17.2 Å². The zero-order chi connectivity index (χ0) is 22.0. The lowest BCUT2D eigenvalue weighted by molar-refractivity contribution is 0.0517. The summed E-state index contributed by atoms with van der Waals surface area (Å²) in [6.45, 7) is 5.59. The standard InChI is InChI=1S/C26H22O5/c1-3-23(28)17-8-11-20(12-9-17)31-26-21-13-10-19(27)14-24(21)30-15-22(26)25(29)18-6-4-16(2)5-7-18/h3-14,22,26-27H,1,15H2,2H3. The van der Waals surface area contributed by atoms with Gasteiger partial charge in [-0.3, -0.25) is 9.59 Å². The first-order chi connectivity index (χ1) is 15.0. The molecule has 156 valence electrons. The van der Waals surface area contributed by atoms with Crippen molar-refractivity contribution in [2.24, 2.45) is 5.92 Å². The summed E-state index contributed by atoms with van der Waals surface area (Å²) >= 11 is 0. The molecule has 1 heterocycles. The number of carbonyl (C=O) groups is 2. The number of ketones is 2. The number of hydrogen-bond donors (Lipinski definition) is 1. The van der Waals surface area contributed by atoms with E-state index in [1.54, 1.807) is 48.5 Å². The topological polar surface area (TPSA) is 72.8 Å². The molecule has 0 fully saturated rings. The summed E-state index contributed by atoms with van der Waals surface area (Å²) in [5, 5.41) is 9.82. The van der Waals surface area contributed by atoms with Crippen molar-refractivity contribution < 1.29 is 24.2 Å². The van der Waals surface area contributed by atoms with Crippen LogP contribution >= 0.6 is 0 Å². The molecule has 1 aliphatic heterocycles. The van der Waals surface area contributed by atoms with Gasteiger partial charge in [-0.2, -0.15) is 0 Å². The van der Waals surface area contributed by atoms with Gasteiger partial charge in [-0.05, 0) is 49.4 Å². The number of allylic oxidation sites excluding steroid dienone is 1. The fraction of sp³-hybridized carbons (Fsp3) is 0.154. The van der Waals surface area contributed by atoms with E-state index < -0.39 is 12.0 Å². The van der Waals surface area contributed by atoms with Gasteiger partial charge >= 0.3 is 0 Å². The second kappa shape index (κ2) is 8.48. The molecule has 0 saturated heterocycles. The zero-order valence-corrected chi connectivity index (χ0v) is 17.1. The van der Waals surface area contributed by atoms with Gasteiger partial charge in [0.15, 0.2) is 11.6 Å². The maximum Gasteiger partial charge on any atom is 0.185 e. The normalized spacial score (nSPS) is 17.2. The molecule has 5 heteroatoms. The molecule has 0 radical (unpaired) electrons. The van der Waals surface area contributed by atoms with Crippen molar-refractivity contribution in [2.75, 3.05) is 6.61 Å². The number of aromatic hydroxyl groups is 1.